The zero-order valence-electron chi connectivity index (χ0n) is 14.0. The van der Waals surface area contributed by atoms with Crippen molar-refractivity contribution in [2.75, 3.05) is 11.9 Å². The lowest BCUT2D eigenvalue weighted by Crippen LogP contribution is -2.27. The first kappa shape index (κ1) is 17.1. The first-order chi connectivity index (χ1) is 11.8. The molecule has 4 nitrogen and oxygen atoms in total. The molecule has 1 saturated heterocycles. The molecule has 5 heteroatoms. The lowest BCUT2D eigenvalue weighted by atomic mass is 10.1. The van der Waals surface area contributed by atoms with Crippen LogP contribution in [0.15, 0.2) is 41.8 Å². The van der Waals surface area contributed by atoms with E-state index in [1.54, 1.807) is 11.3 Å². The average Bonchev–Trinajstić information content (AvgIpc) is 3.30. The van der Waals surface area contributed by atoms with E-state index in [4.69, 9.17) is 4.74 Å². The van der Waals surface area contributed by atoms with E-state index < -0.39 is 0 Å². The van der Waals surface area contributed by atoms with Crippen LogP contribution in [0.25, 0.3) is 0 Å². The second-order valence-electron chi connectivity index (χ2n) is 6.05. The van der Waals surface area contributed by atoms with Crippen LogP contribution in [-0.4, -0.2) is 18.6 Å². The van der Waals surface area contributed by atoms with Crippen LogP contribution in [0.4, 0.5) is 5.69 Å². The molecule has 0 spiro atoms. The lowest BCUT2D eigenvalue weighted by molar-refractivity contribution is -0.124. The third-order valence-corrected chi connectivity index (χ3v) is 5.25. The van der Waals surface area contributed by atoms with Crippen LogP contribution in [0.3, 0.4) is 0 Å². The molecule has 0 radical (unpaired) electrons. The number of hydrogen-bond acceptors (Lipinski definition) is 4. The normalized spacial score (nSPS) is 18.5. The van der Waals surface area contributed by atoms with Gasteiger partial charge in [-0.2, -0.15) is 0 Å². The highest BCUT2D eigenvalue weighted by molar-refractivity contribution is 7.10. The molecule has 2 N–H and O–H groups in total. The molecular formula is C19H24N2O2S. The third kappa shape index (κ3) is 4.44. The highest BCUT2D eigenvalue weighted by Crippen LogP contribution is 2.22. The molecule has 1 aliphatic heterocycles. The van der Waals surface area contributed by atoms with Crippen molar-refractivity contribution in [1.29, 1.82) is 0 Å². The molecule has 1 amide bonds. The van der Waals surface area contributed by atoms with Crippen LogP contribution in [0.5, 0.6) is 0 Å². The lowest BCUT2D eigenvalue weighted by Gasteiger charge is -2.16. The van der Waals surface area contributed by atoms with E-state index in [0.717, 1.165) is 37.1 Å². The number of amides is 1. The predicted octanol–water partition coefficient (Wildman–Crippen LogP) is 4.11. The van der Waals surface area contributed by atoms with Gasteiger partial charge < -0.3 is 15.4 Å². The van der Waals surface area contributed by atoms with E-state index in [1.807, 2.05) is 18.2 Å². The Bertz CT molecular complexity index is 651. The van der Waals surface area contributed by atoms with E-state index in [-0.39, 0.29) is 12.0 Å². The molecule has 0 aliphatic carbocycles. The Balaban J connectivity index is 1.57. The maximum absolute atomic E-state index is 12.1. The van der Waals surface area contributed by atoms with Crippen LogP contribution in [0.2, 0.25) is 0 Å². The summed E-state index contributed by atoms with van der Waals surface area (Å²) >= 11 is 1.78. The summed E-state index contributed by atoms with van der Waals surface area (Å²) < 4.78 is 5.43. The van der Waals surface area contributed by atoms with Crippen molar-refractivity contribution in [3.63, 3.8) is 0 Å². The van der Waals surface area contributed by atoms with Gasteiger partial charge in [0.1, 0.15) is 6.10 Å². The van der Waals surface area contributed by atoms with Gasteiger partial charge in [-0.1, -0.05) is 25.1 Å². The molecule has 128 valence electrons. The molecule has 0 bridgehead atoms. The van der Waals surface area contributed by atoms with Crippen molar-refractivity contribution in [1.82, 2.24) is 5.32 Å². The molecule has 3 rings (SSSR count). The molecule has 2 heterocycles. The molecule has 24 heavy (non-hydrogen) atoms. The maximum atomic E-state index is 12.1. The van der Waals surface area contributed by atoms with Gasteiger partial charge in [-0.3, -0.25) is 4.79 Å². The van der Waals surface area contributed by atoms with Crippen molar-refractivity contribution in [3.05, 3.63) is 52.2 Å². The van der Waals surface area contributed by atoms with Gasteiger partial charge in [0.25, 0.3) is 5.91 Å². The Morgan fingerprint density at radius 3 is 3.00 bits per heavy atom. The number of thiophene rings is 1. The van der Waals surface area contributed by atoms with Crippen LogP contribution >= 0.6 is 11.3 Å². The average molecular weight is 344 g/mol. The maximum Gasteiger partial charge on any atom is 0.253 e. The number of rotatable bonds is 7. The largest absolute Gasteiger partial charge is 0.368 e. The monoisotopic (exact) mass is 344 g/mol. The number of anilines is 1. The van der Waals surface area contributed by atoms with E-state index in [9.17, 15) is 4.79 Å². The fourth-order valence-electron chi connectivity index (χ4n) is 2.94. The molecule has 2 atom stereocenters. The predicted molar refractivity (Wildman–Crippen MR) is 98.2 cm³/mol. The minimum absolute atomic E-state index is 0.0392. The zero-order valence-corrected chi connectivity index (χ0v) is 14.8. The van der Waals surface area contributed by atoms with Gasteiger partial charge in [-0.15, -0.1) is 11.3 Å². The highest BCUT2D eigenvalue weighted by Gasteiger charge is 2.23. The molecule has 1 aromatic carbocycles. The molecular weight excluding hydrogens is 320 g/mol. The summed E-state index contributed by atoms with van der Waals surface area (Å²) in [5.41, 5.74) is 1.99. The Morgan fingerprint density at radius 1 is 1.38 bits per heavy atom. The first-order valence-corrected chi connectivity index (χ1v) is 9.42. The van der Waals surface area contributed by atoms with Gasteiger partial charge in [-0.25, -0.2) is 0 Å². The van der Waals surface area contributed by atoms with Crippen molar-refractivity contribution < 1.29 is 9.53 Å². The molecule has 1 fully saturated rings. The second kappa shape index (κ2) is 8.42. The van der Waals surface area contributed by atoms with Gasteiger partial charge in [0, 0.05) is 29.8 Å². The van der Waals surface area contributed by atoms with Crippen molar-refractivity contribution in [2.45, 2.75) is 44.9 Å². The fourth-order valence-corrected chi connectivity index (χ4v) is 3.83. The summed E-state index contributed by atoms with van der Waals surface area (Å²) in [4.78, 5) is 13.5. The zero-order chi connectivity index (χ0) is 16.8. The van der Waals surface area contributed by atoms with E-state index in [2.05, 4.69) is 41.1 Å². The number of benzene rings is 1. The van der Waals surface area contributed by atoms with Crippen molar-refractivity contribution in [3.8, 4) is 0 Å². The summed E-state index contributed by atoms with van der Waals surface area (Å²) in [5.74, 6) is -0.0392. The van der Waals surface area contributed by atoms with E-state index in [0.29, 0.717) is 12.6 Å². The van der Waals surface area contributed by atoms with E-state index in [1.165, 1.54) is 4.88 Å². The summed E-state index contributed by atoms with van der Waals surface area (Å²) in [6, 6.07) is 12.6. The Kier molecular flexibility index (Phi) is 6.01. The molecule has 1 aliphatic rings. The van der Waals surface area contributed by atoms with Crippen LogP contribution < -0.4 is 10.6 Å². The van der Waals surface area contributed by atoms with Gasteiger partial charge in [-0.05, 0) is 48.4 Å². The smallest absolute Gasteiger partial charge is 0.253 e. The van der Waals surface area contributed by atoms with Gasteiger partial charge in [0.05, 0.1) is 0 Å². The van der Waals surface area contributed by atoms with Crippen molar-refractivity contribution >= 4 is 22.9 Å². The van der Waals surface area contributed by atoms with Gasteiger partial charge in [0.2, 0.25) is 0 Å². The molecule has 2 aromatic rings. The van der Waals surface area contributed by atoms with Crippen LogP contribution in [0, 0.1) is 0 Å². The Morgan fingerprint density at radius 2 is 2.29 bits per heavy atom. The quantitative estimate of drug-likeness (QED) is 0.795. The van der Waals surface area contributed by atoms with Crippen LogP contribution in [0.1, 0.15) is 42.7 Å². The van der Waals surface area contributed by atoms with E-state index >= 15 is 0 Å². The standard InChI is InChI=1S/C19H24N2O2S/c1-2-16(18-9-5-11-24-18)20-13-14-6-3-7-15(12-14)21-19(22)17-8-4-10-23-17/h3,5-7,9,11-12,16-17,20H,2,4,8,10,13H2,1H3,(H,21,22)/t16-,17+/m0/s1. The number of ether oxygens (including phenoxy) is 1. The SMILES string of the molecule is CC[C@H](NCc1cccc(NC(=O)[C@H]2CCCO2)c1)c1cccs1. The number of carbonyl (C=O) groups is 1. The van der Waals surface area contributed by atoms with Crippen molar-refractivity contribution in [2.24, 2.45) is 0 Å². The first-order valence-electron chi connectivity index (χ1n) is 8.54. The summed E-state index contributed by atoms with van der Waals surface area (Å²) in [7, 11) is 0. The number of carbonyl (C=O) groups excluding carboxylic acids is 1. The molecule has 0 unspecified atom stereocenters. The summed E-state index contributed by atoms with van der Waals surface area (Å²) in [5, 5.41) is 8.67. The fraction of sp³-hybridized carbons (Fsp3) is 0.421. The summed E-state index contributed by atoms with van der Waals surface area (Å²) in [6.07, 6.45) is 2.53. The second-order valence-corrected chi connectivity index (χ2v) is 7.03. The number of nitrogens with one attached hydrogen (secondary N) is 2. The van der Waals surface area contributed by atoms with Crippen LogP contribution in [-0.2, 0) is 16.1 Å². The minimum atomic E-state index is -0.296. The Hall–Kier alpha value is -1.69. The number of hydrogen-bond donors (Lipinski definition) is 2. The Labute approximate surface area is 147 Å². The third-order valence-electron chi connectivity index (χ3n) is 4.26. The summed E-state index contributed by atoms with van der Waals surface area (Å²) in [6.45, 7) is 3.65. The van der Waals surface area contributed by atoms with Gasteiger partial charge >= 0.3 is 0 Å². The topological polar surface area (TPSA) is 50.4 Å². The van der Waals surface area contributed by atoms with Gasteiger partial charge in [0.15, 0.2) is 0 Å². The minimum Gasteiger partial charge on any atom is -0.368 e. The molecule has 1 aromatic heterocycles. The highest BCUT2D eigenvalue weighted by atomic mass is 32.1. The molecule has 0 saturated carbocycles.